The van der Waals surface area contributed by atoms with Gasteiger partial charge < -0.3 is 67.3 Å². The van der Waals surface area contributed by atoms with Crippen LogP contribution in [0.2, 0.25) is 0 Å². The number of Topliss-reactive ketones (excluding diaryl/α,β-unsaturated/α-hetero) is 1. The van der Waals surface area contributed by atoms with Gasteiger partial charge in [0.2, 0.25) is 35.4 Å². The number of hydrogen-bond donors (Lipinski definition) is 9. The van der Waals surface area contributed by atoms with Crippen LogP contribution in [0.4, 0.5) is 21.0 Å². The summed E-state index contributed by atoms with van der Waals surface area (Å²) in [7, 11) is 5.00. The van der Waals surface area contributed by atoms with Crippen molar-refractivity contribution in [3.05, 3.63) is 111 Å². The molecule has 0 bridgehead atoms. The van der Waals surface area contributed by atoms with E-state index in [4.69, 9.17) is 15.2 Å². The van der Waals surface area contributed by atoms with Crippen LogP contribution in [0, 0.1) is 46.8 Å². The van der Waals surface area contributed by atoms with Crippen LogP contribution in [0.3, 0.4) is 0 Å². The number of carbonyl (C=O) groups excluding carboxylic acids is 10. The molecule has 0 spiro atoms. The lowest BCUT2D eigenvalue weighted by Crippen LogP contribution is -2.58. The summed E-state index contributed by atoms with van der Waals surface area (Å²) < 4.78 is 12.2. The van der Waals surface area contributed by atoms with E-state index in [1.807, 2.05) is 116 Å². The molecule has 1 aromatic heterocycles. The summed E-state index contributed by atoms with van der Waals surface area (Å²) in [6.07, 6.45) is 2.67. The second kappa shape index (κ2) is 41.2. The number of piperidine rings is 1. The molecule has 0 unspecified atom stereocenters. The number of ketones is 1. The van der Waals surface area contributed by atoms with Crippen LogP contribution >= 0.6 is 11.3 Å². The van der Waals surface area contributed by atoms with Crippen LogP contribution in [0.5, 0.6) is 0 Å². The fraction of sp³-hybridized carbons (Fsp3) is 0.575. The first-order valence-corrected chi connectivity index (χ1v) is 38.3. The molecule has 0 saturated carbocycles. The maximum atomic E-state index is 14.5. The summed E-state index contributed by atoms with van der Waals surface area (Å²) >= 11 is 1.08. The smallest absolute Gasteiger partial charge is 0.407 e. The molecule has 3 heterocycles. The largest absolute Gasteiger partial charge is 0.481 e. The van der Waals surface area contributed by atoms with Gasteiger partial charge in [-0.3, -0.25) is 48.1 Å². The highest BCUT2D eigenvalue weighted by Gasteiger charge is 2.40. The number of carbonyl (C=O) groups is 11. The van der Waals surface area contributed by atoms with Crippen molar-refractivity contribution in [2.24, 2.45) is 40.7 Å². The van der Waals surface area contributed by atoms with Crippen LogP contribution in [0.1, 0.15) is 203 Å². The fourth-order valence-electron chi connectivity index (χ4n) is 13.1. The predicted molar refractivity (Wildman–Crippen MR) is 412 cm³/mol. The number of para-hydroxylation sites is 1. The van der Waals surface area contributed by atoms with Gasteiger partial charge in [0.05, 0.1) is 29.8 Å². The predicted octanol–water partition coefficient (Wildman–Crippen LogP) is 9.43. The number of aromatic nitrogens is 1. The molecule has 1 saturated heterocycles. The van der Waals surface area contributed by atoms with Gasteiger partial charge in [0.25, 0.3) is 5.91 Å². The van der Waals surface area contributed by atoms with Crippen molar-refractivity contribution in [3.8, 4) is 11.8 Å². The number of alkyl carbamates (subject to hydrolysis) is 1. The molecule has 2 aliphatic rings. The highest BCUT2D eigenvalue weighted by Crippen LogP contribution is 2.34. The Morgan fingerprint density at radius 2 is 1.49 bits per heavy atom. The molecular formula is C80H114N12O14S. The number of nitrogens with zero attached hydrogens (tertiary/aromatic N) is 4. The third-order valence-corrected chi connectivity index (χ3v) is 21.4. The highest BCUT2D eigenvalue weighted by molar-refractivity contribution is 7.09. The monoisotopic (exact) mass is 1500 g/mol. The summed E-state index contributed by atoms with van der Waals surface area (Å²) in [6.45, 7) is 22.0. The quantitative estimate of drug-likeness (QED) is 0.0148. The number of likely N-dealkylation sites (tertiary alicyclic amines) is 1. The lowest BCUT2D eigenvalue weighted by atomic mass is 9.78. The lowest BCUT2D eigenvalue weighted by molar-refractivity contribution is -0.141. The first kappa shape index (κ1) is 86.7. The summed E-state index contributed by atoms with van der Waals surface area (Å²) in [5, 5.41) is 31.5. The van der Waals surface area contributed by atoms with E-state index in [9.17, 15) is 57.8 Å². The topological polar surface area (TPSA) is 359 Å². The SMILES string of the molecule is CC[C@H](C)[C@H](NC(=O)[C@H]1CCCCN1C)C(=O)N(C)[C@H](C[C@@H](OC(=O)NC)c1nc(C(=O)N[C@@H](Cc2ccc(NC(=O)[C@H](CCCNC(N)=O)NC(=O)[C@@H](CC(=O)C(C)(C)CCOC(C)(C)CCNC(=O)CCC(=O)N3Cc4ccccc4C#Cc4ccccc43)C(C)C)cc2)C[C@H](C)C(=O)O)cs1)C(C)C. The van der Waals surface area contributed by atoms with Crippen LogP contribution in [0.25, 0.3) is 0 Å². The summed E-state index contributed by atoms with van der Waals surface area (Å²) in [6, 6.07) is 17.5. The molecule has 4 aromatic rings. The van der Waals surface area contributed by atoms with Crippen molar-refractivity contribution in [2.75, 3.05) is 57.6 Å². The number of amides is 10. The van der Waals surface area contributed by atoms with Crippen LogP contribution < -0.4 is 47.9 Å². The number of aliphatic carboxylic acids is 1. The summed E-state index contributed by atoms with van der Waals surface area (Å²) in [5.41, 5.74) is 7.90. The number of benzene rings is 3. The minimum Gasteiger partial charge on any atom is -0.481 e. The molecule has 10 amide bonds. The molecule has 1 fully saturated rings. The molecule has 27 heteroatoms. The maximum Gasteiger partial charge on any atom is 0.407 e. The van der Waals surface area contributed by atoms with Crippen molar-refractivity contribution < 1.29 is 67.3 Å². The second-order valence-electron chi connectivity index (χ2n) is 30.3. The van der Waals surface area contributed by atoms with E-state index in [0.717, 1.165) is 47.4 Å². The molecule has 6 rings (SSSR count). The normalized spacial score (nSPS) is 16.0. The highest BCUT2D eigenvalue weighted by atomic mass is 32.1. The van der Waals surface area contributed by atoms with E-state index in [1.54, 1.807) is 55.0 Å². The molecule has 0 aliphatic carbocycles. The van der Waals surface area contributed by atoms with Crippen LogP contribution in [0.15, 0.2) is 78.2 Å². The number of fused-ring (bicyclic) bond motifs is 2. The van der Waals surface area contributed by atoms with Gasteiger partial charge in [-0.25, -0.2) is 14.6 Å². The zero-order valence-corrected chi connectivity index (χ0v) is 65.6. The van der Waals surface area contributed by atoms with Gasteiger partial charge in [0.1, 0.15) is 28.6 Å². The Kier molecular flexibility index (Phi) is 33.4. The number of nitrogens with one attached hydrogen (secondary N) is 7. The van der Waals surface area contributed by atoms with Crippen LogP contribution in [-0.2, 0) is 60.8 Å². The Bertz CT molecular complexity index is 3790. The number of carboxylic acid groups (broad SMARTS) is 1. The molecule has 10 N–H and O–H groups in total. The minimum absolute atomic E-state index is 0.00251. The first-order chi connectivity index (χ1) is 50.6. The number of urea groups is 1. The molecule has 3 aromatic carbocycles. The van der Waals surface area contributed by atoms with E-state index in [2.05, 4.69) is 54.0 Å². The van der Waals surface area contributed by atoms with Crippen molar-refractivity contribution >= 4 is 87.9 Å². The molecule has 107 heavy (non-hydrogen) atoms. The van der Waals surface area contributed by atoms with Gasteiger partial charge in [-0.1, -0.05) is 129 Å². The minimum atomic E-state index is -1.12. The molecule has 9 atom stereocenters. The zero-order valence-electron chi connectivity index (χ0n) is 64.8. The third-order valence-electron chi connectivity index (χ3n) is 20.4. The van der Waals surface area contributed by atoms with Crippen molar-refractivity contribution in [2.45, 2.75) is 215 Å². The number of anilines is 2. The Labute approximate surface area is 634 Å². The number of ether oxygens (including phenoxy) is 2. The number of primary amides is 1. The van der Waals surface area contributed by atoms with Crippen molar-refractivity contribution in [1.82, 2.24) is 46.7 Å². The van der Waals surface area contributed by atoms with Gasteiger partial charge in [0.15, 0.2) is 6.10 Å². The Hall–Kier alpha value is -9.26. The number of nitrogens with two attached hydrogens (primary N) is 1. The average molecular weight is 1500 g/mol. The third kappa shape index (κ3) is 26.6. The molecule has 26 nitrogen and oxygen atoms in total. The first-order valence-electron chi connectivity index (χ1n) is 37.4. The van der Waals surface area contributed by atoms with Gasteiger partial charge >= 0.3 is 18.1 Å². The van der Waals surface area contributed by atoms with Crippen molar-refractivity contribution in [3.63, 3.8) is 0 Å². The second-order valence-corrected chi connectivity index (χ2v) is 31.2. The van der Waals surface area contributed by atoms with Gasteiger partial charge in [-0.15, -0.1) is 11.3 Å². The lowest BCUT2D eigenvalue weighted by Gasteiger charge is -2.38. The van der Waals surface area contributed by atoms with Gasteiger partial charge in [-0.2, -0.15) is 0 Å². The van der Waals surface area contributed by atoms with E-state index < -0.39 is 88.9 Å². The Morgan fingerprint density at radius 1 is 0.804 bits per heavy atom. The van der Waals surface area contributed by atoms with Crippen LogP contribution in [-0.4, -0.2) is 168 Å². The number of hydrogen-bond acceptors (Lipinski definition) is 16. The summed E-state index contributed by atoms with van der Waals surface area (Å²) in [4.78, 5) is 159. The van der Waals surface area contributed by atoms with Crippen molar-refractivity contribution in [1.29, 1.82) is 0 Å². The van der Waals surface area contributed by atoms with Gasteiger partial charge in [-0.05, 0) is 138 Å². The Balaban J connectivity index is 1.04. The van der Waals surface area contributed by atoms with E-state index >= 15 is 0 Å². The maximum absolute atomic E-state index is 14.5. The standard InChI is InChI=1S/C80H114N12O14S/c1-15-51(6)69(89-73(99)63-28-20-21-41-90(63)13)75(100)91(14)64(50(4)5)46-65(106-78(104)82-12)74-88-61(48-107-74)72(98)86-58(43-52(7)76(101)102)44-53-29-33-57(34-30-53)85-71(97)60(26-22-39-84-77(81)103)87-70(96)59(49(2)3)45-66(93)79(8,9)38-42-105-80(10,11)37-40-83-67(94)35-36-68(95)92-47-56-25-17-16-23-54(56)31-32-55-24-18-19-27-62(55)92/h16-19,23-25,27,29-30,33-34,48-52,58-60,63-65,69H,15,20-22,26,28,35-47H2,1-14H3,(H,82,104)(H,83,94)(H,85,97)(H,86,98)(H,87,96)(H,89,99)(H,101,102)(H3,81,84,103)/t51-,52-,58+,59-,60-,63+,64+,65+,69-/m0/s1. The molecule has 2 aliphatic heterocycles. The number of rotatable bonds is 40. The van der Waals surface area contributed by atoms with E-state index in [-0.39, 0.29) is 135 Å². The van der Waals surface area contributed by atoms with E-state index in [0.29, 0.717) is 49.2 Å². The fourth-order valence-corrected chi connectivity index (χ4v) is 13.9. The summed E-state index contributed by atoms with van der Waals surface area (Å²) in [5.74, 6) is 0.0750. The Morgan fingerprint density at radius 3 is 2.14 bits per heavy atom. The molecular weight excluding hydrogens is 1390 g/mol. The molecule has 584 valence electrons. The molecule has 0 radical (unpaired) electrons. The number of thiazole rings is 1. The number of likely N-dealkylation sites (N-methyl/N-ethyl adjacent to an activating group) is 2. The van der Waals surface area contributed by atoms with E-state index in [1.165, 1.54) is 19.4 Å². The van der Waals surface area contributed by atoms with Gasteiger partial charge in [0, 0.05) is 105 Å². The zero-order chi connectivity index (χ0) is 78.9. The number of carboxylic acids is 1. The average Bonchev–Trinajstić information content (AvgIpc) is 1.33.